The van der Waals surface area contributed by atoms with Gasteiger partial charge in [0.05, 0.1) is 24.9 Å². The fourth-order valence-electron chi connectivity index (χ4n) is 3.21. The number of nitrogens with two attached hydrogens (primary N) is 1. The van der Waals surface area contributed by atoms with E-state index in [2.05, 4.69) is 21.0 Å². The first-order valence-electron chi connectivity index (χ1n) is 10.2. The van der Waals surface area contributed by atoms with Crippen molar-refractivity contribution in [3.63, 3.8) is 0 Å². The number of carbonyl (C=O) groups excluding carboxylic acids is 3. The van der Waals surface area contributed by atoms with E-state index in [0.29, 0.717) is 24.2 Å². The second-order valence-corrected chi connectivity index (χ2v) is 7.34. The van der Waals surface area contributed by atoms with E-state index in [0.717, 1.165) is 17.1 Å². The van der Waals surface area contributed by atoms with Crippen molar-refractivity contribution in [3.8, 4) is 5.75 Å². The number of para-hydroxylation sites is 1. The molecule has 0 saturated carbocycles. The van der Waals surface area contributed by atoms with Crippen LogP contribution in [-0.4, -0.2) is 47.3 Å². The van der Waals surface area contributed by atoms with E-state index in [4.69, 9.17) is 10.5 Å². The van der Waals surface area contributed by atoms with E-state index >= 15 is 0 Å². The van der Waals surface area contributed by atoms with Crippen LogP contribution < -0.4 is 26.4 Å². The summed E-state index contributed by atoms with van der Waals surface area (Å²) in [6.07, 6.45) is 2.86. The second kappa shape index (κ2) is 11.2. The lowest BCUT2D eigenvalue weighted by molar-refractivity contribution is -0.148. The predicted molar refractivity (Wildman–Crippen MR) is 115 cm³/mol. The Labute approximate surface area is 189 Å². The Morgan fingerprint density at radius 2 is 1.94 bits per heavy atom. The number of halogens is 2. The molecule has 1 aromatic carbocycles. The van der Waals surface area contributed by atoms with Crippen LogP contribution in [0, 0.1) is 0 Å². The molecule has 4 amide bonds. The Bertz CT molecular complexity index is 981. The summed E-state index contributed by atoms with van der Waals surface area (Å²) in [5.74, 6) is -5.66. The normalized spacial score (nSPS) is 13.0. The smallest absolute Gasteiger partial charge is 0.352 e. The molecular formula is C21H28F2N6O4. The van der Waals surface area contributed by atoms with Crippen LogP contribution in [0.5, 0.6) is 5.75 Å². The van der Waals surface area contributed by atoms with Gasteiger partial charge in [-0.3, -0.25) is 14.3 Å². The number of urea groups is 1. The zero-order valence-electron chi connectivity index (χ0n) is 18.6. The molecule has 10 nitrogen and oxygen atoms in total. The third kappa shape index (κ3) is 6.64. The Kier molecular flexibility index (Phi) is 8.71. The summed E-state index contributed by atoms with van der Waals surface area (Å²) in [6, 6.07) is 3.68. The van der Waals surface area contributed by atoms with E-state index in [-0.39, 0.29) is 6.54 Å². The minimum atomic E-state index is -3.86. The number of hydrogen-bond acceptors (Lipinski definition) is 5. The number of carbonyl (C=O) groups is 3. The molecule has 0 aliphatic carbocycles. The topological polar surface area (TPSA) is 140 Å². The number of hydrogen-bond donors (Lipinski definition) is 4. The van der Waals surface area contributed by atoms with Crippen LogP contribution >= 0.6 is 0 Å². The van der Waals surface area contributed by atoms with Crippen molar-refractivity contribution in [1.82, 2.24) is 25.7 Å². The van der Waals surface area contributed by atoms with Crippen molar-refractivity contribution >= 4 is 17.8 Å². The van der Waals surface area contributed by atoms with Gasteiger partial charge in [-0.05, 0) is 12.5 Å². The number of methoxy groups -OCH3 is 1. The van der Waals surface area contributed by atoms with Gasteiger partial charge in [-0.25, -0.2) is 4.79 Å². The van der Waals surface area contributed by atoms with Gasteiger partial charge >= 0.3 is 12.0 Å². The maximum Gasteiger partial charge on any atom is 0.352 e. The number of aryl methyl sites for hydroxylation is 1. The lowest BCUT2D eigenvalue weighted by Gasteiger charge is -2.25. The summed E-state index contributed by atoms with van der Waals surface area (Å²) < 4.78 is 35.9. The van der Waals surface area contributed by atoms with Crippen LogP contribution in [0.4, 0.5) is 13.6 Å². The van der Waals surface area contributed by atoms with Crippen LogP contribution in [0.2, 0.25) is 0 Å². The maximum atomic E-state index is 14.7. The monoisotopic (exact) mass is 466 g/mol. The fraction of sp³-hybridized carbons (Fsp3) is 0.429. The molecule has 0 bridgehead atoms. The third-order valence-electron chi connectivity index (χ3n) is 4.86. The zero-order chi connectivity index (χ0) is 24.6. The molecule has 0 aliphatic rings. The number of rotatable bonds is 11. The molecule has 0 spiro atoms. The van der Waals surface area contributed by atoms with Gasteiger partial charge in [0.15, 0.2) is 0 Å². The van der Waals surface area contributed by atoms with Crippen molar-refractivity contribution in [3.05, 3.63) is 47.8 Å². The number of benzene rings is 1. The molecular weight excluding hydrogens is 438 g/mol. The molecule has 33 heavy (non-hydrogen) atoms. The molecule has 0 aliphatic heterocycles. The largest absolute Gasteiger partial charge is 0.496 e. The molecule has 0 saturated heterocycles. The highest BCUT2D eigenvalue weighted by molar-refractivity contribution is 5.87. The SMILES string of the molecule is CCCC(NC(N)=O)C(=O)NCC(NC(=O)C(F)(F)c1cnn(C)c1)c1ccccc1OC. The first kappa shape index (κ1) is 25.6. The van der Waals surface area contributed by atoms with Gasteiger partial charge < -0.3 is 26.4 Å². The number of nitrogens with zero attached hydrogens (tertiary/aromatic N) is 2. The molecule has 2 atom stereocenters. The van der Waals surface area contributed by atoms with E-state index in [1.807, 2.05) is 6.92 Å². The van der Waals surface area contributed by atoms with E-state index in [1.165, 1.54) is 14.2 Å². The van der Waals surface area contributed by atoms with Crippen LogP contribution in [0.25, 0.3) is 0 Å². The van der Waals surface area contributed by atoms with E-state index in [9.17, 15) is 23.2 Å². The Balaban J connectivity index is 2.26. The minimum Gasteiger partial charge on any atom is -0.496 e. The fourth-order valence-corrected chi connectivity index (χ4v) is 3.21. The summed E-state index contributed by atoms with van der Waals surface area (Å²) in [5.41, 5.74) is 4.93. The summed E-state index contributed by atoms with van der Waals surface area (Å²) >= 11 is 0. The van der Waals surface area contributed by atoms with Gasteiger partial charge in [0, 0.05) is 25.4 Å². The van der Waals surface area contributed by atoms with Gasteiger partial charge in [-0.2, -0.15) is 13.9 Å². The van der Waals surface area contributed by atoms with Gasteiger partial charge in [-0.1, -0.05) is 31.5 Å². The quantitative estimate of drug-likeness (QED) is 0.396. The van der Waals surface area contributed by atoms with Crippen molar-refractivity contribution in [2.24, 2.45) is 12.8 Å². The highest BCUT2D eigenvalue weighted by Crippen LogP contribution is 2.30. The summed E-state index contributed by atoms with van der Waals surface area (Å²) in [4.78, 5) is 36.3. The van der Waals surface area contributed by atoms with Gasteiger partial charge in [-0.15, -0.1) is 0 Å². The molecule has 2 aromatic rings. The highest BCUT2D eigenvalue weighted by Gasteiger charge is 2.43. The lowest BCUT2D eigenvalue weighted by Crippen LogP contribution is -2.50. The number of nitrogens with one attached hydrogen (secondary N) is 3. The van der Waals surface area contributed by atoms with Crippen LogP contribution in [0.15, 0.2) is 36.7 Å². The molecule has 180 valence electrons. The van der Waals surface area contributed by atoms with Gasteiger partial charge in [0.1, 0.15) is 11.8 Å². The zero-order valence-corrected chi connectivity index (χ0v) is 18.6. The minimum absolute atomic E-state index is 0.241. The van der Waals surface area contributed by atoms with Crippen molar-refractivity contribution in [1.29, 1.82) is 0 Å². The molecule has 5 N–H and O–H groups in total. The number of primary amides is 1. The first-order valence-corrected chi connectivity index (χ1v) is 10.2. The van der Waals surface area contributed by atoms with Crippen molar-refractivity contribution in [2.75, 3.05) is 13.7 Å². The average Bonchev–Trinajstić information content (AvgIpc) is 3.22. The molecule has 2 unspecified atom stereocenters. The molecule has 2 rings (SSSR count). The predicted octanol–water partition coefficient (Wildman–Crippen LogP) is 1.33. The van der Waals surface area contributed by atoms with Crippen LogP contribution in [-0.2, 0) is 22.6 Å². The molecule has 12 heteroatoms. The third-order valence-corrected chi connectivity index (χ3v) is 4.86. The van der Waals surface area contributed by atoms with Crippen LogP contribution in [0.3, 0.4) is 0 Å². The number of alkyl halides is 2. The second-order valence-electron chi connectivity index (χ2n) is 7.34. The summed E-state index contributed by atoms with van der Waals surface area (Å²) in [6.45, 7) is 1.58. The van der Waals surface area contributed by atoms with Gasteiger partial charge in [0.25, 0.3) is 5.91 Å². The highest BCUT2D eigenvalue weighted by atomic mass is 19.3. The summed E-state index contributed by atoms with van der Waals surface area (Å²) in [5, 5.41) is 10.9. The number of ether oxygens (including phenoxy) is 1. The van der Waals surface area contributed by atoms with E-state index < -0.39 is 41.4 Å². The molecule has 1 aromatic heterocycles. The van der Waals surface area contributed by atoms with Crippen molar-refractivity contribution in [2.45, 2.75) is 37.8 Å². The standard InChI is InChI=1S/C21H28F2N6O4/c1-4-7-15(28-20(24)32)18(30)25-11-16(14-8-5-6-9-17(14)33-3)27-19(31)21(22,23)13-10-26-29(2)12-13/h5-6,8-10,12,15-16H,4,7,11H2,1-3H3,(H,25,30)(H,27,31)(H3,24,28,32). The van der Waals surface area contributed by atoms with E-state index in [1.54, 1.807) is 24.3 Å². The Morgan fingerprint density at radius 3 is 2.52 bits per heavy atom. The number of amides is 4. The first-order chi connectivity index (χ1) is 15.6. The molecule has 1 heterocycles. The summed E-state index contributed by atoms with van der Waals surface area (Å²) in [7, 11) is 2.85. The Hall–Kier alpha value is -3.70. The Morgan fingerprint density at radius 1 is 1.24 bits per heavy atom. The number of aromatic nitrogens is 2. The van der Waals surface area contributed by atoms with Crippen molar-refractivity contribution < 1.29 is 27.9 Å². The average molecular weight is 466 g/mol. The molecule has 0 fully saturated rings. The maximum absolute atomic E-state index is 14.7. The lowest BCUT2D eigenvalue weighted by atomic mass is 10.0. The molecule has 0 radical (unpaired) electrons. The van der Waals surface area contributed by atoms with Crippen LogP contribution in [0.1, 0.15) is 36.9 Å². The van der Waals surface area contributed by atoms with Gasteiger partial charge in [0.2, 0.25) is 5.91 Å².